The number of rotatable bonds is 4. The van der Waals surface area contributed by atoms with Gasteiger partial charge in [0.25, 0.3) is 0 Å². The summed E-state index contributed by atoms with van der Waals surface area (Å²) in [7, 11) is 1.61. The van der Waals surface area contributed by atoms with Crippen LogP contribution in [0.5, 0.6) is 5.75 Å². The summed E-state index contributed by atoms with van der Waals surface area (Å²) in [6.07, 6.45) is 0. The van der Waals surface area contributed by atoms with Crippen molar-refractivity contribution in [2.75, 3.05) is 12.4 Å². The SMILES string of the molecule is COc1ccc(NC(=O)Cn2c(C)nc3ccccc32)cc1. The molecule has 0 aliphatic rings. The van der Waals surface area contributed by atoms with E-state index in [4.69, 9.17) is 4.74 Å². The summed E-state index contributed by atoms with van der Waals surface area (Å²) in [6, 6.07) is 15.1. The summed E-state index contributed by atoms with van der Waals surface area (Å²) in [4.78, 5) is 16.7. The monoisotopic (exact) mass is 295 g/mol. The number of hydrogen-bond donors (Lipinski definition) is 1. The Labute approximate surface area is 128 Å². The maximum absolute atomic E-state index is 12.2. The lowest BCUT2D eigenvalue weighted by Crippen LogP contribution is -2.19. The minimum Gasteiger partial charge on any atom is -0.497 e. The minimum atomic E-state index is -0.0866. The molecule has 0 unspecified atom stereocenters. The van der Waals surface area contributed by atoms with Gasteiger partial charge in [-0.05, 0) is 43.3 Å². The van der Waals surface area contributed by atoms with Gasteiger partial charge in [-0.1, -0.05) is 12.1 Å². The molecule has 0 spiro atoms. The Morgan fingerprint density at radius 2 is 1.91 bits per heavy atom. The van der Waals surface area contributed by atoms with Crippen molar-refractivity contribution in [3.63, 3.8) is 0 Å². The first-order valence-electron chi connectivity index (χ1n) is 7.03. The smallest absolute Gasteiger partial charge is 0.244 e. The molecule has 0 radical (unpaired) electrons. The molecule has 0 aliphatic carbocycles. The Kier molecular flexibility index (Phi) is 3.78. The van der Waals surface area contributed by atoms with Crippen molar-refractivity contribution < 1.29 is 9.53 Å². The van der Waals surface area contributed by atoms with Crippen LogP contribution in [0.1, 0.15) is 5.82 Å². The average molecular weight is 295 g/mol. The molecule has 1 aromatic heterocycles. The molecule has 1 amide bonds. The number of ether oxygens (including phenoxy) is 1. The summed E-state index contributed by atoms with van der Waals surface area (Å²) < 4.78 is 7.01. The van der Waals surface area contributed by atoms with E-state index in [1.54, 1.807) is 7.11 Å². The number of nitrogens with zero attached hydrogens (tertiary/aromatic N) is 2. The molecule has 0 saturated heterocycles. The van der Waals surface area contributed by atoms with E-state index in [1.165, 1.54) is 0 Å². The predicted molar refractivity (Wildman–Crippen MR) is 86.1 cm³/mol. The molecule has 3 rings (SSSR count). The molecule has 5 nitrogen and oxygen atoms in total. The fourth-order valence-corrected chi connectivity index (χ4v) is 2.41. The quantitative estimate of drug-likeness (QED) is 0.805. The normalized spacial score (nSPS) is 10.6. The molecular formula is C17H17N3O2. The highest BCUT2D eigenvalue weighted by Crippen LogP contribution is 2.17. The van der Waals surface area contributed by atoms with E-state index in [-0.39, 0.29) is 12.5 Å². The highest BCUT2D eigenvalue weighted by atomic mass is 16.5. The van der Waals surface area contributed by atoms with Crippen molar-refractivity contribution in [1.29, 1.82) is 0 Å². The maximum atomic E-state index is 12.2. The van der Waals surface area contributed by atoms with Gasteiger partial charge in [0.15, 0.2) is 0 Å². The molecule has 1 heterocycles. The average Bonchev–Trinajstić information content (AvgIpc) is 2.84. The van der Waals surface area contributed by atoms with Gasteiger partial charge in [-0.25, -0.2) is 4.98 Å². The van der Waals surface area contributed by atoms with Crippen molar-refractivity contribution in [1.82, 2.24) is 9.55 Å². The van der Waals surface area contributed by atoms with Crippen LogP contribution < -0.4 is 10.1 Å². The molecule has 0 fully saturated rings. The van der Waals surface area contributed by atoms with Gasteiger partial charge in [0, 0.05) is 5.69 Å². The van der Waals surface area contributed by atoms with E-state index >= 15 is 0 Å². The van der Waals surface area contributed by atoms with Crippen LogP contribution in [-0.4, -0.2) is 22.6 Å². The summed E-state index contributed by atoms with van der Waals surface area (Å²) in [6.45, 7) is 2.14. The van der Waals surface area contributed by atoms with E-state index in [0.29, 0.717) is 0 Å². The number of carbonyl (C=O) groups excluding carboxylic acids is 1. The molecule has 2 aromatic carbocycles. The van der Waals surface area contributed by atoms with Crippen molar-refractivity contribution in [2.24, 2.45) is 0 Å². The molecule has 5 heteroatoms. The van der Waals surface area contributed by atoms with E-state index in [9.17, 15) is 4.79 Å². The van der Waals surface area contributed by atoms with E-state index in [0.717, 1.165) is 28.3 Å². The zero-order valence-corrected chi connectivity index (χ0v) is 12.5. The number of benzene rings is 2. The maximum Gasteiger partial charge on any atom is 0.244 e. The van der Waals surface area contributed by atoms with Crippen LogP contribution in [0.3, 0.4) is 0 Å². The second-order valence-corrected chi connectivity index (χ2v) is 5.01. The standard InChI is InChI=1S/C17H17N3O2/c1-12-18-15-5-3-4-6-16(15)20(12)11-17(21)19-13-7-9-14(22-2)10-8-13/h3-10H,11H2,1-2H3,(H,19,21). The van der Waals surface area contributed by atoms with Gasteiger partial charge in [0.2, 0.25) is 5.91 Å². The highest BCUT2D eigenvalue weighted by molar-refractivity contribution is 5.91. The fourth-order valence-electron chi connectivity index (χ4n) is 2.41. The van der Waals surface area contributed by atoms with Crippen LogP contribution in [0.25, 0.3) is 11.0 Å². The zero-order valence-electron chi connectivity index (χ0n) is 12.5. The van der Waals surface area contributed by atoms with Crippen LogP contribution in [0.2, 0.25) is 0 Å². The fraction of sp³-hybridized carbons (Fsp3) is 0.176. The summed E-state index contributed by atoms with van der Waals surface area (Å²) in [5, 5.41) is 2.88. The Bertz CT molecular complexity index is 806. The number of hydrogen-bond acceptors (Lipinski definition) is 3. The first-order valence-corrected chi connectivity index (χ1v) is 7.03. The number of fused-ring (bicyclic) bond motifs is 1. The largest absolute Gasteiger partial charge is 0.497 e. The number of aryl methyl sites for hydroxylation is 1. The number of anilines is 1. The van der Waals surface area contributed by atoms with Crippen molar-refractivity contribution in [3.05, 3.63) is 54.4 Å². The lowest BCUT2D eigenvalue weighted by Gasteiger charge is -2.09. The topological polar surface area (TPSA) is 56.1 Å². The lowest BCUT2D eigenvalue weighted by atomic mass is 10.3. The summed E-state index contributed by atoms with van der Waals surface area (Å²) in [5.74, 6) is 1.50. The van der Waals surface area contributed by atoms with Crippen LogP contribution >= 0.6 is 0 Å². The van der Waals surface area contributed by atoms with Crippen molar-refractivity contribution in [2.45, 2.75) is 13.5 Å². The molecule has 0 atom stereocenters. The molecule has 22 heavy (non-hydrogen) atoms. The van der Waals surface area contributed by atoms with Crippen LogP contribution in [0, 0.1) is 6.92 Å². The van der Waals surface area contributed by atoms with Gasteiger partial charge >= 0.3 is 0 Å². The number of imidazole rings is 1. The first-order chi connectivity index (χ1) is 10.7. The Morgan fingerprint density at radius 1 is 1.18 bits per heavy atom. The lowest BCUT2D eigenvalue weighted by molar-refractivity contribution is -0.116. The molecule has 0 aliphatic heterocycles. The minimum absolute atomic E-state index is 0.0866. The van der Waals surface area contributed by atoms with Crippen LogP contribution in [0.15, 0.2) is 48.5 Å². The summed E-state index contributed by atoms with van der Waals surface area (Å²) in [5.41, 5.74) is 2.61. The number of carbonyl (C=O) groups is 1. The third-order valence-electron chi connectivity index (χ3n) is 3.52. The number of nitrogens with one attached hydrogen (secondary N) is 1. The molecule has 0 saturated carbocycles. The second kappa shape index (κ2) is 5.89. The highest BCUT2D eigenvalue weighted by Gasteiger charge is 2.10. The third-order valence-corrected chi connectivity index (χ3v) is 3.52. The number of amides is 1. The van der Waals surface area contributed by atoms with E-state index < -0.39 is 0 Å². The molecule has 112 valence electrons. The van der Waals surface area contributed by atoms with Gasteiger partial charge in [-0.2, -0.15) is 0 Å². The Balaban J connectivity index is 1.76. The van der Waals surface area contributed by atoms with E-state index in [1.807, 2.05) is 60.0 Å². The predicted octanol–water partition coefficient (Wildman–Crippen LogP) is 2.99. The third kappa shape index (κ3) is 2.79. The molecule has 3 aromatic rings. The Hall–Kier alpha value is -2.82. The van der Waals surface area contributed by atoms with Gasteiger partial charge in [0.1, 0.15) is 18.1 Å². The van der Waals surface area contributed by atoms with Crippen molar-refractivity contribution in [3.8, 4) is 5.75 Å². The number of para-hydroxylation sites is 2. The van der Waals surface area contributed by atoms with Gasteiger partial charge in [-0.15, -0.1) is 0 Å². The van der Waals surface area contributed by atoms with Gasteiger partial charge in [0.05, 0.1) is 18.1 Å². The van der Waals surface area contributed by atoms with Crippen LogP contribution in [-0.2, 0) is 11.3 Å². The number of aromatic nitrogens is 2. The molecular weight excluding hydrogens is 278 g/mol. The number of methoxy groups -OCH3 is 1. The Morgan fingerprint density at radius 3 is 2.64 bits per heavy atom. The van der Waals surface area contributed by atoms with Crippen molar-refractivity contribution >= 4 is 22.6 Å². The first kappa shape index (κ1) is 14.1. The zero-order chi connectivity index (χ0) is 15.5. The summed E-state index contributed by atoms with van der Waals surface area (Å²) >= 11 is 0. The molecule has 0 bridgehead atoms. The van der Waals surface area contributed by atoms with Gasteiger partial charge < -0.3 is 14.6 Å². The van der Waals surface area contributed by atoms with Gasteiger partial charge in [-0.3, -0.25) is 4.79 Å². The molecule has 1 N–H and O–H groups in total. The van der Waals surface area contributed by atoms with Crippen LogP contribution in [0.4, 0.5) is 5.69 Å². The van der Waals surface area contributed by atoms with E-state index in [2.05, 4.69) is 10.3 Å². The second-order valence-electron chi connectivity index (χ2n) is 5.01.